The van der Waals surface area contributed by atoms with Crippen molar-refractivity contribution < 1.29 is 0 Å². The molecule has 0 saturated heterocycles. The molecule has 5 nitrogen and oxygen atoms in total. The van der Waals surface area contributed by atoms with Crippen LogP contribution >= 0.6 is 11.8 Å². The summed E-state index contributed by atoms with van der Waals surface area (Å²) in [5.41, 5.74) is 4.74. The van der Waals surface area contributed by atoms with Gasteiger partial charge >= 0.3 is 5.69 Å². The Morgan fingerprint density at radius 2 is 2.27 bits per heavy atom. The first kappa shape index (κ1) is 11.9. The standard InChI is InChI=1S/C9H15N3O2S/c1-6(3-4-15-2)12-7(10)5-8(13)11-9(12)14/h5-6H,3-4,10H2,1-2H3,(H,11,13,14). The summed E-state index contributed by atoms with van der Waals surface area (Å²) in [5, 5.41) is 0. The minimum Gasteiger partial charge on any atom is -0.385 e. The van der Waals surface area contributed by atoms with Crippen molar-refractivity contribution in [2.75, 3.05) is 17.7 Å². The monoisotopic (exact) mass is 229 g/mol. The Balaban J connectivity index is 3.03. The molecule has 0 aliphatic rings. The second kappa shape index (κ2) is 5.06. The Hall–Kier alpha value is -1.17. The number of anilines is 1. The van der Waals surface area contributed by atoms with E-state index in [-0.39, 0.29) is 11.9 Å². The van der Waals surface area contributed by atoms with E-state index in [1.165, 1.54) is 10.6 Å². The van der Waals surface area contributed by atoms with Crippen LogP contribution in [0, 0.1) is 0 Å². The maximum atomic E-state index is 11.5. The lowest BCUT2D eigenvalue weighted by Gasteiger charge is -2.15. The van der Waals surface area contributed by atoms with Crippen molar-refractivity contribution in [1.29, 1.82) is 0 Å². The molecule has 0 fully saturated rings. The number of nitrogen functional groups attached to an aromatic ring is 1. The summed E-state index contributed by atoms with van der Waals surface area (Å²) < 4.78 is 1.41. The molecule has 0 aliphatic carbocycles. The summed E-state index contributed by atoms with van der Waals surface area (Å²) in [6.07, 6.45) is 2.85. The largest absolute Gasteiger partial charge is 0.385 e. The molecule has 0 bridgehead atoms. The number of nitrogens with two attached hydrogens (primary N) is 1. The summed E-state index contributed by atoms with van der Waals surface area (Å²) in [6.45, 7) is 1.91. The number of rotatable bonds is 4. The van der Waals surface area contributed by atoms with E-state index in [0.29, 0.717) is 0 Å². The fourth-order valence-corrected chi connectivity index (χ4v) is 1.97. The average Bonchev–Trinajstić information content (AvgIpc) is 2.12. The highest BCUT2D eigenvalue weighted by molar-refractivity contribution is 7.98. The normalized spacial score (nSPS) is 12.7. The number of hydrogen-bond acceptors (Lipinski definition) is 4. The molecule has 1 aromatic heterocycles. The van der Waals surface area contributed by atoms with Gasteiger partial charge in [-0.25, -0.2) is 4.79 Å². The minimum atomic E-state index is -0.453. The van der Waals surface area contributed by atoms with Gasteiger partial charge in [0, 0.05) is 12.1 Å². The van der Waals surface area contributed by atoms with Crippen LogP contribution in [0.15, 0.2) is 15.7 Å². The lowest BCUT2D eigenvalue weighted by Crippen LogP contribution is -2.33. The van der Waals surface area contributed by atoms with E-state index in [4.69, 9.17) is 5.73 Å². The van der Waals surface area contributed by atoms with Crippen molar-refractivity contribution >= 4 is 17.6 Å². The zero-order valence-corrected chi connectivity index (χ0v) is 9.63. The van der Waals surface area contributed by atoms with E-state index >= 15 is 0 Å². The van der Waals surface area contributed by atoms with Gasteiger partial charge in [0.25, 0.3) is 5.56 Å². The molecule has 1 unspecified atom stereocenters. The van der Waals surface area contributed by atoms with E-state index in [1.54, 1.807) is 11.8 Å². The molecule has 84 valence electrons. The van der Waals surface area contributed by atoms with Crippen molar-refractivity contribution in [1.82, 2.24) is 9.55 Å². The molecule has 3 N–H and O–H groups in total. The third-order valence-corrected chi connectivity index (χ3v) is 2.83. The molecule has 0 saturated carbocycles. The second-order valence-electron chi connectivity index (χ2n) is 3.36. The molecule has 1 aromatic rings. The summed E-state index contributed by atoms with van der Waals surface area (Å²) in [4.78, 5) is 24.6. The van der Waals surface area contributed by atoms with Gasteiger partial charge in [-0.1, -0.05) is 0 Å². The zero-order chi connectivity index (χ0) is 11.4. The van der Waals surface area contributed by atoms with Crippen molar-refractivity contribution in [3.8, 4) is 0 Å². The van der Waals surface area contributed by atoms with E-state index in [0.717, 1.165) is 12.2 Å². The number of H-pyrrole nitrogens is 1. The van der Waals surface area contributed by atoms with Crippen molar-refractivity contribution in [2.24, 2.45) is 0 Å². The Kier molecular flexibility index (Phi) is 4.02. The first-order chi connectivity index (χ1) is 7.06. The van der Waals surface area contributed by atoms with Crippen LogP contribution in [0.1, 0.15) is 19.4 Å². The summed E-state index contributed by atoms with van der Waals surface area (Å²) in [5.74, 6) is 1.17. The topological polar surface area (TPSA) is 80.9 Å². The van der Waals surface area contributed by atoms with Crippen molar-refractivity contribution in [2.45, 2.75) is 19.4 Å². The predicted octanol–water partition coefficient (Wildman–Crippen LogP) is 0.433. The van der Waals surface area contributed by atoms with Crippen LogP contribution in [-0.2, 0) is 0 Å². The van der Waals surface area contributed by atoms with E-state index in [2.05, 4.69) is 4.98 Å². The summed E-state index contributed by atoms with van der Waals surface area (Å²) >= 11 is 1.71. The van der Waals surface area contributed by atoms with Crippen molar-refractivity contribution in [3.63, 3.8) is 0 Å². The molecule has 15 heavy (non-hydrogen) atoms. The maximum Gasteiger partial charge on any atom is 0.330 e. The van der Waals surface area contributed by atoms with Gasteiger partial charge in [0.2, 0.25) is 0 Å². The van der Waals surface area contributed by atoms with E-state index < -0.39 is 11.2 Å². The van der Waals surface area contributed by atoms with Crippen LogP contribution in [0.25, 0.3) is 0 Å². The van der Waals surface area contributed by atoms with Crippen LogP contribution in [0.4, 0.5) is 5.82 Å². The molecule has 1 atom stereocenters. The fourth-order valence-electron chi connectivity index (χ4n) is 1.39. The Morgan fingerprint density at radius 1 is 1.60 bits per heavy atom. The summed E-state index contributed by atoms with van der Waals surface area (Å²) in [7, 11) is 0. The van der Waals surface area contributed by atoms with Gasteiger partial charge in [-0.15, -0.1) is 0 Å². The molecule has 0 amide bonds. The third-order valence-electron chi connectivity index (χ3n) is 2.19. The number of nitrogens with one attached hydrogen (secondary N) is 1. The minimum absolute atomic E-state index is 0.00167. The van der Waals surface area contributed by atoms with Crippen molar-refractivity contribution in [3.05, 3.63) is 26.9 Å². The third kappa shape index (κ3) is 2.89. The number of aromatic nitrogens is 2. The molecule has 0 spiro atoms. The molecular weight excluding hydrogens is 214 g/mol. The highest BCUT2D eigenvalue weighted by Crippen LogP contribution is 2.13. The lowest BCUT2D eigenvalue weighted by molar-refractivity contribution is 0.513. The number of nitrogens with zero attached hydrogens (tertiary/aromatic N) is 1. The van der Waals surface area contributed by atoms with Crippen LogP contribution < -0.4 is 17.0 Å². The van der Waals surface area contributed by atoms with Gasteiger partial charge in [-0.2, -0.15) is 11.8 Å². The summed E-state index contributed by atoms with van der Waals surface area (Å²) in [6, 6.07) is 1.23. The molecule has 1 rings (SSSR count). The highest BCUT2D eigenvalue weighted by Gasteiger charge is 2.10. The number of thioether (sulfide) groups is 1. The predicted molar refractivity (Wildman–Crippen MR) is 63.4 cm³/mol. The van der Waals surface area contributed by atoms with Gasteiger partial charge in [0.15, 0.2) is 0 Å². The molecule has 0 aliphatic heterocycles. The first-order valence-corrected chi connectivity index (χ1v) is 6.06. The van der Waals surface area contributed by atoms with Crippen LogP contribution in [0.5, 0.6) is 0 Å². The average molecular weight is 229 g/mol. The van der Waals surface area contributed by atoms with Crippen LogP contribution in [0.2, 0.25) is 0 Å². The quantitative estimate of drug-likeness (QED) is 0.784. The molecule has 0 radical (unpaired) electrons. The molecule has 6 heteroatoms. The van der Waals surface area contributed by atoms with Crippen LogP contribution in [0.3, 0.4) is 0 Å². The maximum absolute atomic E-state index is 11.5. The fraction of sp³-hybridized carbons (Fsp3) is 0.556. The van der Waals surface area contributed by atoms with E-state index in [9.17, 15) is 9.59 Å². The van der Waals surface area contributed by atoms with Gasteiger partial charge in [0.1, 0.15) is 5.82 Å². The Morgan fingerprint density at radius 3 is 2.80 bits per heavy atom. The smallest absolute Gasteiger partial charge is 0.330 e. The van der Waals surface area contributed by atoms with E-state index in [1.807, 2.05) is 13.2 Å². The van der Waals surface area contributed by atoms with Gasteiger partial charge < -0.3 is 5.73 Å². The van der Waals surface area contributed by atoms with Gasteiger partial charge in [0.05, 0.1) is 0 Å². The van der Waals surface area contributed by atoms with Crippen LogP contribution in [-0.4, -0.2) is 21.6 Å². The Labute approximate surface area is 91.7 Å². The first-order valence-electron chi connectivity index (χ1n) is 4.66. The Bertz CT molecular complexity index is 438. The highest BCUT2D eigenvalue weighted by atomic mass is 32.2. The van der Waals surface area contributed by atoms with Gasteiger partial charge in [-0.3, -0.25) is 14.3 Å². The number of hydrogen-bond donors (Lipinski definition) is 2. The second-order valence-corrected chi connectivity index (χ2v) is 4.35. The zero-order valence-electron chi connectivity index (χ0n) is 8.82. The number of aromatic amines is 1. The lowest BCUT2D eigenvalue weighted by atomic mass is 10.2. The van der Waals surface area contributed by atoms with Gasteiger partial charge in [-0.05, 0) is 25.4 Å². The molecule has 0 aromatic carbocycles. The molecular formula is C9H15N3O2S. The SMILES string of the molecule is CSCCC(C)n1c(N)cc(=O)[nH]c1=O. The molecule has 1 heterocycles.